The van der Waals surface area contributed by atoms with Gasteiger partial charge in [-0.15, -0.1) is 11.3 Å². The fraction of sp³-hybridized carbons (Fsp3) is 0.400. The Kier molecular flexibility index (Phi) is 4.69. The topological polar surface area (TPSA) is 54.7 Å². The minimum absolute atomic E-state index is 0.171. The molecule has 1 amide bonds. The van der Waals surface area contributed by atoms with Gasteiger partial charge in [-0.05, 0) is 23.6 Å². The van der Waals surface area contributed by atoms with Crippen molar-refractivity contribution in [1.29, 1.82) is 0 Å². The van der Waals surface area contributed by atoms with E-state index in [4.69, 9.17) is 9.15 Å². The largest absolute Gasteiger partial charge is 0.459 e. The van der Waals surface area contributed by atoms with Crippen LogP contribution in [-0.2, 0) is 4.74 Å². The molecule has 21 heavy (non-hydrogen) atoms. The number of furan rings is 1. The molecular formula is C15H18N2O3S. The zero-order chi connectivity index (χ0) is 14.5. The molecule has 2 aromatic heterocycles. The molecule has 0 aromatic carbocycles. The first kappa shape index (κ1) is 14.3. The number of carbonyl (C=O) groups excluding carboxylic acids is 1. The van der Waals surface area contributed by atoms with Gasteiger partial charge in [0, 0.05) is 24.5 Å². The van der Waals surface area contributed by atoms with E-state index in [1.54, 1.807) is 23.5 Å². The number of morpholine rings is 1. The van der Waals surface area contributed by atoms with Gasteiger partial charge >= 0.3 is 0 Å². The van der Waals surface area contributed by atoms with Crippen molar-refractivity contribution in [2.24, 2.45) is 0 Å². The second-order valence-electron chi connectivity index (χ2n) is 4.87. The molecule has 5 nitrogen and oxygen atoms in total. The van der Waals surface area contributed by atoms with Crippen molar-refractivity contribution in [3.8, 4) is 0 Å². The van der Waals surface area contributed by atoms with Crippen LogP contribution in [0.1, 0.15) is 21.5 Å². The highest BCUT2D eigenvalue weighted by atomic mass is 32.1. The SMILES string of the molecule is O=C(NC[C@H](c1cccs1)N1CCOCC1)c1ccco1. The number of carbonyl (C=O) groups is 1. The summed E-state index contributed by atoms with van der Waals surface area (Å²) in [6.07, 6.45) is 1.51. The Bertz CT molecular complexity index is 548. The molecule has 1 fully saturated rings. The van der Waals surface area contributed by atoms with Crippen LogP contribution in [-0.4, -0.2) is 43.7 Å². The fourth-order valence-electron chi connectivity index (χ4n) is 2.46. The molecule has 6 heteroatoms. The predicted octanol–water partition coefficient (Wildman–Crippen LogP) is 2.14. The average molecular weight is 306 g/mol. The van der Waals surface area contributed by atoms with E-state index in [9.17, 15) is 4.79 Å². The first-order valence-corrected chi connectivity index (χ1v) is 7.89. The number of amides is 1. The highest BCUT2D eigenvalue weighted by Gasteiger charge is 2.24. The minimum Gasteiger partial charge on any atom is -0.459 e. The third-order valence-electron chi connectivity index (χ3n) is 3.56. The molecule has 1 atom stereocenters. The van der Waals surface area contributed by atoms with Crippen molar-refractivity contribution in [2.45, 2.75) is 6.04 Å². The van der Waals surface area contributed by atoms with Crippen LogP contribution in [0.2, 0.25) is 0 Å². The highest BCUT2D eigenvalue weighted by Crippen LogP contribution is 2.25. The Morgan fingerprint density at radius 3 is 2.86 bits per heavy atom. The number of hydrogen-bond acceptors (Lipinski definition) is 5. The Hall–Kier alpha value is -1.63. The molecule has 0 radical (unpaired) electrons. The van der Waals surface area contributed by atoms with Crippen molar-refractivity contribution in [1.82, 2.24) is 10.2 Å². The molecule has 1 aliphatic heterocycles. The van der Waals surface area contributed by atoms with E-state index in [0.29, 0.717) is 12.3 Å². The van der Waals surface area contributed by atoms with E-state index in [-0.39, 0.29) is 11.9 Å². The molecule has 0 saturated carbocycles. The second kappa shape index (κ2) is 6.89. The molecule has 0 aliphatic carbocycles. The van der Waals surface area contributed by atoms with Crippen LogP contribution < -0.4 is 5.32 Å². The lowest BCUT2D eigenvalue weighted by atomic mass is 10.2. The lowest BCUT2D eigenvalue weighted by Crippen LogP contribution is -2.43. The summed E-state index contributed by atoms with van der Waals surface area (Å²) >= 11 is 1.72. The Balaban J connectivity index is 1.66. The standard InChI is InChI=1S/C15H18N2O3S/c18-15(13-3-1-7-20-13)16-11-12(14-4-2-10-21-14)17-5-8-19-9-6-17/h1-4,7,10,12H,5-6,8-9,11H2,(H,16,18)/t12-/m1/s1. The van der Waals surface area contributed by atoms with Crippen molar-refractivity contribution in [3.05, 3.63) is 46.5 Å². The van der Waals surface area contributed by atoms with Gasteiger partial charge in [-0.25, -0.2) is 0 Å². The highest BCUT2D eigenvalue weighted by molar-refractivity contribution is 7.10. The molecule has 1 saturated heterocycles. The number of thiophene rings is 1. The van der Waals surface area contributed by atoms with E-state index < -0.39 is 0 Å². The van der Waals surface area contributed by atoms with Crippen molar-refractivity contribution >= 4 is 17.2 Å². The lowest BCUT2D eigenvalue weighted by molar-refractivity contribution is 0.0168. The number of rotatable bonds is 5. The Labute approximate surface area is 127 Å². The van der Waals surface area contributed by atoms with Gasteiger partial charge in [-0.2, -0.15) is 0 Å². The summed E-state index contributed by atoms with van der Waals surface area (Å²) in [5.41, 5.74) is 0. The third-order valence-corrected chi connectivity index (χ3v) is 4.53. The first-order valence-electron chi connectivity index (χ1n) is 7.01. The molecule has 3 rings (SSSR count). The molecule has 1 aliphatic rings. The summed E-state index contributed by atoms with van der Waals surface area (Å²) in [6, 6.07) is 7.73. The van der Waals surface area contributed by atoms with Gasteiger partial charge < -0.3 is 14.5 Å². The van der Waals surface area contributed by atoms with E-state index in [2.05, 4.69) is 21.7 Å². The number of hydrogen-bond donors (Lipinski definition) is 1. The zero-order valence-electron chi connectivity index (χ0n) is 11.7. The van der Waals surface area contributed by atoms with Crippen molar-refractivity contribution in [2.75, 3.05) is 32.8 Å². The smallest absolute Gasteiger partial charge is 0.287 e. The van der Waals surface area contributed by atoms with Crippen LogP contribution in [0.15, 0.2) is 40.3 Å². The fourth-order valence-corrected chi connectivity index (χ4v) is 3.32. The summed E-state index contributed by atoms with van der Waals surface area (Å²) in [5, 5.41) is 5.03. The van der Waals surface area contributed by atoms with Gasteiger partial charge in [0.15, 0.2) is 5.76 Å². The van der Waals surface area contributed by atoms with E-state index in [1.165, 1.54) is 11.1 Å². The maximum atomic E-state index is 12.0. The quantitative estimate of drug-likeness (QED) is 0.919. The Morgan fingerprint density at radius 2 is 2.19 bits per heavy atom. The zero-order valence-corrected chi connectivity index (χ0v) is 12.5. The molecule has 0 spiro atoms. The maximum absolute atomic E-state index is 12.0. The van der Waals surface area contributed by atoms with Crippen molar-refractivity contribution in [3.63, 3.8) is 0 Å². The van der Waals surface area contributed by atoms with Gasteiger partial charge in [-0.3, -0.25) is 9.69 Å². The molecule has 1 N–H and O–H groups in total. The maximum Gasteiger partial charge on any atom is 0.287 e. The normalized spacial score (nSPS) is 17.5. The third kappa shape index (κ3) is 3.53. The van der Waals surface area contributed by atoms with Crippen LogP contribution in [0.25, 0.3) is 0 Å². The van der Waals surface area contributed by atoms with Gasteiger partial charge in [0.1, 0.15) is 0 Å². The molecule has 2 aromatic rings. The molecular weight excluding hydrogens is 288 g/mol. The summed E-state index contributed by atoms with van der Waals surface area (Å²) in [4.78, 5) is 15.6. The van der Waals surface area contributed by atoms with E-state index >= 15 is 0 Å². The van der Waals surface area contributed by atoms with E-state index in [1.807, 2.05) is 6.07 Å². The predicted molar refractivity (Wildman–Crippen MR) is 80.5 cm³/mol. The number of nitrogens with one attached hydrogen (secondary N) is 1. The van der Waals surface area contributed by atoms with Gasteiger partial charge in [0.2, 0.25) is 0 Å². The van der Waals surface area contributed by atoms with Gasteiger partial charge in [-0.1, -0.05) is 6.07 Å². The van der Waals surface area contributed by atoms with Gasteiger partial charge in [0.05, 0.1) is 25.5 Å². The Morgan fingerprint density at radius 1 is 1.33 bits per heavy atom. The van der Waals surface area contributed by atoms with Crippen LogP contribution >= 0.6 is 11.3 Å². The summed E-state index contributed by atoms with van der Waals surface area (Å²) < 4.78 is 10.5. The number of nitrogens with zero attached hydrogens (tertiary/aromatic N) is 1. The monoisotopic (exact) mass is 306 g/mol. The molecule has 0 bridgehead atoms. The first-order chi connectivity index (χ1) is 10.3. The summed E-state index contributed by atoms with van der Waals surface area (Å²) in [6.45, 7) is 3.83. The van der Waals surface area contributed by atoms with E-state index in [0.717, 1.165) is 26.3 Å². The molecule has 112 valence electrons. The molecule has 3 heterocycles. The lowest BCUT2D eigenvalue weighted by Gasteiger charge is -2.34. The summed E-state index contributed by atoms with van der Waals surface area (Å²) in [7, 11) is 0. The van der Waals surface area contributed by atoms with Crippen LogP contribution in [0.4, 0.5) is 0 Å². The van der Waals surface area contributed by atoms with Gasteiger partial charge in [0.25, 0.3) is 5.91 Å². The minimum atomic E-state index is -0.171. The van der Waals surface area contributed by atoms with Crippen molar-refractivity contribution < 1.29 is 13.9 Å². The molecule has 0 unspecified atom stereocenters. The number of ether oxygens (including phenoxy) is 1. The second-order valence-corrected chi connectivity index (χ2v) is 5.85. The van der Waals surface area contributed by atoms with Crippen LogP contribution in [0, 0.1) is 0 Å². The van der Waals surface area contributed by atoms with Crippen LogP contribution in [0.3, 0.4) is 0 Å². The van der Waals surface area contributed by atoms with Crippen LogP contribution in [0.5, 0.6) is 0 Å². The average Bonchev–Trinajstić information content (AvgIpc) is 3.22. The summed E-state index contributed by atoms with van der Waals surface area (Å²) in [5.74, 6) is 0.178.